The maximum atomic E-state index is 14.3. The Labute approximate surface area is 241 Å². The largest absolute Gasteiger partial charge is 0.457 e. The topological polar surface area (TPSA) is 4.93 Å². The van der Waals surface area contributed by atoms with Gasteiger partial charge in [-0.15, -0.1) is 0 Å². The van der Waals surface area contributed by atoms with Crippen molar-refractivity contribution in [3.63, 3.8) is 0 Å². The maximum Gasteiger partial charge on any atom is 0.457 e. The highest BCUT2D eigenvalue weighted by Gasteiger charge is 2.77. The molecule has 1 aromatic heterocycles. The number of aromatic nitrogens is 1. The molecule has 0 N–H and O–H groups in total. The fraction of sp³-hybridized carbons (Fsp3) is 0.667. The second-order valence-electron chi connectivity index (χ2n) is 11.2. The average molecular weight is 620 g/mol. The zero-order valence-electron chi connectivity index (χ0n) is 23.7. The molecule has 1 nitrogen and oxygen atoms in total. The first-order chi connectivity index (χ1) is 18.9. The number of rotatable bonds is 17. The van der Waals surface area contributed by atoms with E-state index in [9.17, 15) is 39.5 Å². The SMILES string of the molecule is CC(C)c1c(Cc2c(F)cccc2Cl)ccn1CCCCCCCCCCCC(F)(F)[C@@](C)(F)C(F)(F)C(F)(F)F. The third-order valence-corrected chi connectivity index (χ3v) is 7.95. The van der Waals surface area contributed by atoms with Crippen LogP contribution in [0.5, 0.6) is 0 Å². The Hall–Kier alpha value is -1.84. The van der Waals surface area contributed by atoms with Gasteiger partial charge in [0.1, 0.15) is 5.82 Å². The number of unbranched alkanes of at least 4 members (excludes halogenated alkanes) is 8. The molecule has 234 valence electrons. The van der Waals surface area contributed by atoms with E-state index in [1.165, 1.54) is 6.07 Å². The van der Waals surface area contributed by atoms with Gasteiger partial charge in [0.15, 0.2) is 0 Å². The van der Waals surface area contributed by atoms with Crippen molar-refractivity contribution in [2.24, 2.45) is 0 Å². The summed E-state index contributed by atoms with van der Waals surface area (Å²) in [4.78, 5) is 0. The van der Waals surface area contributed by atoms with Crippen molar-refractivity contribution in [1.82, 2.24) is 4.57 Å². The van der Waals surface area contributed by atoms with Crippen molar-refractivity contribution >= 4 is 11.6 Å². The quantitative estimate of drug-likeness (QED) is 0.123. The third-order valence-electron chi connectivity index (χ3n) is 7.59. The van der Waals surface area contributed by atoms with Crippen molar-refractivity contribution in [3.8, 4) is 0 Å². The zero-order chi connectivity index (χ0) is 31.1. The van der Waals surface area contributed by atoms with Crippen molar-refractivity contribution in [2.45, 2.75) is 128 Å². The molecular weight excluding hydrogens is 581 g/mol. The predicted molar refractivity (Wildman–Crippen MR) is 144 cm³/mol. The van der Waals surface area contributed by atoms with Crippen LogP contribution in [0.15, 0.2) is 30.5 Å². The van der Waals surface area contributed by atoms with Gasteiger partial charge in [-0.3, -0.25) is 0 Å². The average Bonchev–Trinajstić information content (AvgIpc) is 3.26. The Morgan fingerprint density at radius 3 is 1.83 bits per heavy atom. The van der Waals surface area contributed by atoms with Gasteiger partial charge in [0, 0.05) is 41.9 Å². The van der Waals surface area contributed by atoms with Crippen LogP contribution in [0, 0.1) is 5.82 Å². The molecule has 1 aromatic carbocycles. The lowest BCUT2D eigenvalue weighted by molar-refractivity contribution is -0.358. The Bertz CT molecular complexity index is 1070. The minimum atomic E-state index is -6.40. The van der Waals surface area contributed by atoms with Gasteiger partial charge in [0.25, 0.3) is 5.92 Å². The van der Waals surface area contributed by atoms with E-state index in [1.54, 1.807) is 12.1 Å². The van der Waals surface area contributed by atoms with Gasteiger partial charge in [-0.2, -0.15) is 22.0 Å². The number of aryl methyl sites for hydroxylation is 1. The Morgan fingerprint density at radius 1 is 0.780 bits per heavy atom. The molecule has 0 aliphatic carbocycles. The highest BCUT2D eigenvalue weighted by molar-refractivity contribution is 6.31. The summed E-state index contributed by atoms with van der Waals surface area (Å²) in [7, 11) is 0. The molecule has 0 fully saturated rings. The lowest BCUT2D eigenvalue weighted by Gasteiger charge is -2.37. The minimum absolute atomic E-state index is 0.190. The second-order valence-corrected chi connectivity index (χ2v) is 11.6. The third kappa shape index (κ3) is 8.83. The van der Waals surface area contributed by atoms with E-state index in [1.807, 2.05) is 12.3 Å². The normalized spacial score (nSPS) is 14.6. The summed E-state index contributed by atoms with van der Waals surface area (Å²) in [5, 5.41) is 0.402. The molecule has 0 unspecified atom stereocenters. The maximum absolute atomic E-state index is 14.3. The summed E-state index contributed by atoms with van der Waals surface area (Å²) in [5.74, 6) is -11.1. The first-order valence-electron chi connectivity index (χ1n) is 14.1. The van der Waals surface area contributed by atoms with Gasteiger partial charge in [-0.1, -0.05) is 76.5 Å². The van der Waals surface area contributed by atoms with Crippen molar-refractivity contribution in [2.75, 3.05) is 0 Å². The molecule has 2 aromatic rings. The fourth-order valence-corrected chi connectivity index (χ4v) is 5.30. The Balaban J connectivity index is 1.68. The standard InChI is InChI=1S/C30H39ClF9N/c1-21(2)26-22(20-23-24(31)14-13-15-25(23)32)16-19-41(26)18-12-10-8-6-4-5-7-9-11-17-28(34,35)27(3,33)29(36,37)30(38,39)40/h13-16,19,21H,4-12,17-18,20H2,1-3H3/t27-/m1/s1. The highest BCUT2D eigenvalue weighted by atomic mass is 35.5. The van der Waals surface area contributed by atoms with Crippen molar-refractivity contribution < 1.29 is 39.5 Å². The summed E-state index contributed by atoms with van der Waals surface area (Å²) in [5.41, 5.74) is -2.37. The summed E-state index contributed by atoms with van der Waals surface area (Å²) < 4.78 is 122. The fourth-order valence-electron chi connectivity index (χ4n) is 5.07. The number of nitrogens with zero attached hydrogens (tertiary/aromatic N) is 1. The monoisotopic (exact) mass is 619 g/mol. The number of alkyl halides is 8. The van der Waals surface area contributed by atoms with E-state index >= 15 is 0 Å². The summed E-state index contributed by atoms with van der Waals surface area (Å²) in [6.45, 7) is 4.61. The molecule has 0 saturated carbocycles. The van der Waals surface area contributed by atoms with Crippen LogP contribution in [0.4, 0.5) is 39.5 Å². The summed E-state index contributed by atoms with van der Waals surface area (Å²) in [6.07, 6.45) is 0.309. The second kappa shape index (κ2) is 14.6. The van der Waals surface area contributed by atoms with Gasteiger partial charge >= 0.3 is 12.1 Å². The van der Waals surface area contributed by atoms with E-state index in [0.29, 0.717) is 29.8 Å². The number of hydrogen-bond donors (Lipinski definition) is 0. The molecule has 0 amide bonds. The van der Waals surface area contributed by atoms with E-state index in [2.05, 4.69) is 18.4 Å². The molecule has 41 heavy (non-hydrogen) atoms. The van der Waals surface area contributed by atoms with E-state index in [-0.39, 0.29) is 31.5 Å². The zero-order valence-corrected chi connectivity index (χ0v) is 24.4. The van der Waals surface area contributed by atoms with E-state index < -0.39 is 30.1 Å². The van der Waals surface area contributed by atoms with Crippen LogP contribution in [-0.2, 0) is 13.0 Å². The number of benzene rings is 1. The molecule has 0 bridgehead atoms. The van der Waals surface area contributed by atoms with Crippen LogP contribution in [-0.4, -0.2) is 28.3 Å². The van der Waals surface area contributed by atoms with Crippen LogP contribution in [0.25, 0.3) is 0 Å². The highest BCUT2D eigenvalue weighted by Crippen LogP contribution is 2.53. The van der Waals surface area contributed by atoms with E-state index in [4.69, 9.17) is 11.6 Å². The van der Waals surface area contributed by atoms with Gasteiger partial charge in [0.2, 0.25) is 5.67 Å². The molecule has 1 heterocycles. The van der Waals surface area contributed by atoms with E-state index in [0.717, 1.165) is 49.9 Å². The lowest BCUT2D eigenvalue weighted by atomic mass is 9.88. The predicted octanol–water partition coefficient (Wildman–Crippen LogP) is 11.5. The summed E-state index contributed by atoms with van der Waals surface area (Å²) >= 11 is 6.21. The molecule has 2 rings (SSSR count). The smallest absolute Gasteiger partial charge is 0.351 e. The van der Waals surface area contributed by atoms with Crippen LogP contribution in [0.2, 0.25) is 5.02 Å². The minimum Gasteiger partial charge on any atom is -0.351 e. The van der Waals surface area contributed by atoms with Crippen LogP contribution in [0.1, 0.15) is 108 Å². The van der Waals surface area contributed by atoms with Gasteiger partial charge < -0.3 is 4.57 Å². The van der Waals surface area contributed by atoms with Crippen molar-refractivity contribution in [1.29, 1.82) is 0 Å². The number of halogens is 10. The van der Waals surface area contributed by atoms with Crippen molar-refractivity contribution in [3.05, 3.63) is 58.1 Å². The summed E-state index contributed by atoms with van der Waals surface area (Å²) in [6, 6.07) is 6.66. The molecular formula is C30H39ClF9N. The Kier molecular flexibility index (Phi) is 12.6. The molecule has 0 saturated heterocycles. The first kappa shape index (κ1) is 35.4. The van der Waals surface area contributed by atoms with Gasteiger partial charge in [0.05, 0.1) is 0 Å². The molecule has 0 aliphatic heterocycles. The molecule has 0 aliphatic rings. The molecule has 11 heteroatoms. The number of hydrogen-bond acceptors (Lipinski definition) is 0. The molecule has 1 atom stereocenters. The van der Waals surface area contributed by atoms with Crippen LogP contribution < -0.4 is 0 Å². The molecule has 0 radical (unpaired) electrons. The van der Waals surface area contributed by atoms with Crippen LogP contribution in [0.3, 0.4) is 0 Å². The first-order valence-corrected chi connectivity index (χ1v) is 14.4. The van der Waals surface area contributed by atoms with Gasteiger partial charge in [-0.25, -0.2) is 17.6 Å². The van der Waals surface area contributed by atoms with Gasteiger partial charge in [-0.05, 0) is 49.4 Å². The lowest BCUT2D eigenvalue weighted by Crippen LogP contribution is -2.61. The van der Waals surface area contributed by atoms with Crippen LogP contribution >= 0.6 is 11.6 Å². The Morgan fingerprint density at radius 2 is 1.32 bits per heavy atom. The molecule has 0 spiro atoms.